The van der Waals surface area contributed by atoms with Gasteiger partial charge in [-0.15, -0.1) is 0 Å². The van der Waals surface area contributed by atoms with E-state index in [0.717, 1.165) is 35.1 Å². The lowest BCUT2D eigenvalue weighted by molar-refractivity contribution is 0.238. The largest absolute Gasteiger partial charge is 0.382 e. The van der Waals surface area contributed by atoms with Crippen molar-refractivity contribution in [1.29, 1.82) is 5.26 Å². The summed E-state index contributed by atoms with van der Waals surface area (Å²) >= 11 is 0. The predicted octanol–water partition coefficient (Wildman–Crippen LogP) is 3.44. The highest BCUT2D eigenvalue weighted by molar-refractivity contribution is 5.92. The number of nitrogens with one attached hydrogen (secondary N) is 1. The molecule has 1 aliphatic carbocycles. The SMILES string of the molecule is N#CC[C@@H](C1CCCCC1)n1cc(-c2ncnc3[nH]ccc23)c(N)n1. The molecule has 0 saturated heterocycles. The first-order valence-electron chi connectivity index (χ1n) is 8.78. The van der Waals surface area contributed by atoms with Gasteiger partial charge < -0.3 is 10.7 Å². The van der Waals surface area contributed by atoms with Gasteiger partial charge in [0.15, 0.2) is 5.82 Å². The van der Waals surface area contributed by atoms with Crippen molar-refractivity contribution in [1.82, 2.24) is 24.7 Å². The van der Waals surface area contributed by atoms with Crippen LogP contribution in [-0.2, 0) is 0 Å². The van der Waals surface area contributed by atoms with Gasteiger partial charge in [0.05, 0.1) is 29.8 Å². The van der Waals surface area contributed by atoms with E-state index in [0.29, 0.717) is 18.2 Å². The molecule has 4 rings (SSSR count). The molecular formula is C18H21N7. The van der Waals surface area contributed by atoms with Gasteiger partial charge in [-0.3, -0.25) is 4.68 Å². The van der Waals surface area contributed by atoms with E-state index >= 15 is 0 Å². The van der Waals surface area contributed by atoms with E-state index in [2.05, 4.69) is 26.1 Å². The third-order valence-corrected chi connectivity index (χ3v) is 5.20. The third kappa shape index (κ3) is 2.84. The number of nitriles is 1. The highest BCUT2D eigenvalue weighted by atomic mass is 15.3. The van der Waals surface area contributed by atoms with Crippen LogP contribution in [0.25, 0.3) is 22.3 Å². The van der Waals surface area contributed by atoms with Crippen LogP contribution in [0, 0.1) is 17.2 Å². The van der Waals surface area contributed by atoms with E-state index in [-0.39, 0.29) is 6.04 Å². The Labute approximate surface area is 145 Å². The molecule has 25 heavy (non-hydrogen) atoms. The number of H-pyrrole nitrogens is 1. The van der Waals surface area contributed by atoms with Crippen LogP contribution in [0.1, 0.15) is 44.6 Å². The summed E-state index contributed by atoms with van der Waals surface area (Å²) in [6.45, 7) is 0. The Kier molecular flexibility index (Phi) is 4.10. The minimum atomic E-state index is 0.0740. The smallest absolute Gasteiger partial charge is 0.154 e. The molecule has 3 heterocycles. The van der Waals surface area contributed by atoms with E-state index < -0.39 is 0 Å². The van der Waals surface area contributed by atoms with E-state index in [1.54, 1.807) is 0 Å². The number of nitrogens with two attached hydrogens (primary N) is 1. The van der Waals surface area contributed by atoms with Gasteiger partial charge in [-0.25, -0.2) is 9.97 Å². The predicted molar refractivity (Wildman–Crippen MR) is 95.4 cm³/mol. The molecule has 7 heteroatoms. The summed E-state index contributed by atoms with van der Waals surface area (Å²) in [5.41, 5.74) is 8.56. The Morgan fingerprint density at radius 3 is 2.96 bits per heavy atom. The molecule has 1 saturated carbocycles. The van der Waals surface area contributed by atoms with Crippen molar-refractivity contribution in [2.75, 3.05) is 5.73 Å². The van der Waals surface area contributed by atoms with Crippen LogP contribution in [0.3, 0.4) is 0 Å². The quantitative estimate of drug-likeness (QED) is 0.759. The van der Waals surface area contributed by atoms with Gasteiger partial charge in [-0.1, -0.05) is 19.3 Å². The molecule has 0 radical (unpaired) electrons. The van der Waals surface area contributed by atoms with E-state index in [4.69, 9.17) is 5.73 Å². The number of aromatic nitrogens is 5. The number of rotatable bonds is 4. The van der Waals surface area contributed by atoms with E-state index in [1.165, 1.54) is 25.6 Å². The second kappa shape index (κ2) is 6.55. The zero-order valence-electron chi connectivity index (χ0n) is 14.0. The maximum absolute atomic E-state index is 9.29. The van der Waals surface area contributed by atoms with Gasteiger partial charge in [-0.05, 0) is 24.8 Å². The van der Waals surface area contributed by atoms with Gasteiger partial charge in [0, 0.05) is 17.8 Å². The van der Waals surface area contributed by atoms with Gasteiger partial charge in [0.2, 0.25) is 0 Å². The number of hydrogen-bond acceptors (Lipinski definition) is 5. The number of hydrogen-bond donors (Lipinski definition) is 2. The zero-order valence-corrected chi connectivity index (χ0v) is 14.0. The zero-order chi connectivity index (χ0) is 17.2. The summed E-state index contributed by atoms with van der Waals surface area (Å²) in [5, 5.41) is 14.8. The lowest BCUT2D eigenvalue weighted by atomic mass is 9.83. The molecule has 0 bridgehead atoms. The van der Waals surface area contributed by atoms with Crippen molar-refractivity contribution >= 4 is 16.9 Å². The van der Waals surface area contributed by atoms with Crippen LogP contribution in [0.5, 0.6) is 0 Å². The molecule has 0 spiro atoms. The Morgan fingerprint density at radius 2 is 2.16 bits per heavy atom. The number of fused-ring (bicyclic) bond motifs is 1. The highest BCUT2D eigenvalue weighted by Gasteiger charge is 2.27. The van der Waals surface area contributed by atoms with Crippen LogP contribution in [-0.4, -0.2) is 24.7 Å². The lowest BCUT2D eigenvalue weighted by Crippen LogP contribution is -2.22. The van der Waals surface area contributed by atoms with Crippen molar-refractivity contribution in [3.05, 3.63) is 24.8 Å². The summed E-state index contributed by atoms with van der Waals surface area (Å²) in [6, 6.07) is 4.34. The second-order valence-corrected chi connectivity index (χ2v) is 6.70. The van der Waals surface area contributed by atoms with Crippen molar-refractivity contribution in [3.63, 3.8) is 0 Å². The molecule has 3 aromatic rings. The summed E-state index contributed by atoms with van der Waals surface area (Å²) in [5.74, 6) is 0.929. The molecule has 1 fully saturated rings. The number of anilines is 1. The minimum absolute atomic E-state index is 0.0740. The fourth-order valence-electron chi connectivity index (χ4n) is 3.93. The second-order valence-electron chi connectivity index (χ2n) is 6.70. The Bertz CT molecular complexity index is 911. The van der Waals surface area contributed by atoms with Gasteiger partial charge in [0.1, 0.15) is 12.0 Å². The van der Waals surface area contributed by atoms with E-state index in [9.17, 15) is 5.26 Å². The molecular weight excluding hydrogens is 314 g/mol. The van der Waals surface area contributed by atoms with Gasteiger partial charge in [0.25, 0.3) is 0 Å². The molecule has 0 unspecified atom stereocenters. The Hall–Kier alpha value is -2.88. The van der Waals surface area contributed by atoms with Crippen LogP contribution in [0.4, 0.5) is 5.82 Å². The molecule has 3 N–H and O–H groups in total. The summed E-state index contributed by atoms with van der Waals surface area (Å²) < 4.78 is 1.89. The van der Waals surface area contributed by atoms with Crippen LogP contribution < -0.4 is 5.73 Å². The molecule has 0 amide bonds. The Balaban J connectivity index is 1.73. The topological polar surface area (TPSA) is 109 Å². The minimum Gasteiger partial charge on any atom is -0.382 e. The fourth-order valence-corrected chi connectivity index (χ4v) is 3.93. The fraction of sp³-hybridized carbons (Fsp3) is 0.444. The van der Waals surface area contributed by atoms with Crippen LogP contribution in [0.15, 0.2) is 24.8 Å². The average Bonchev–Trinajstić information content (AvgIpc) is 3.26. The summed E-state index contributed by atoms with van der Waals surface area (Å²) in [4.78, 5) is 11.7. The first kappa shape index (κ1) is 15.6. The maximum atomic E-state index is 9.29. The highest BCUT2D eigenvalue weighted by Crippen LogP contribution is 2.37. The standard InChI is InChI=1S/C18H21N7/c19-8-6-15(12-4-2-1-3-5-12)25-10-14(17(20)24-25)16-13-7-9-21-18(13)23-11-22-16/h7,9-12,15H,1-6H2,(H2,20,24)(H,21,22,23)/t15-/m0/s1. The first-order valence-corrected chi connectivity index (χ1v) is 8.78. The molecule has 3 aromatic heterocycles. The summed E-state index contributed by atoms with van der Waals surface area (Å²) in [7, 11) is 0. The third-order valence-electron chi connectivity index (χ3n) is 5.20. The molecule has 128 valence electrons. The normalized spacial score (nSPS) is 16.8. The maximum Gasteiger partial charge on any atom is 0.154 e. The monoisotopic (exact) mass is 335 g/mol. The van der Waals surface area contributed by atoms with Crippen molar-refractivity contribution in [2.24, 2.45) is 5.92 Å². The molecule has 0 aromatic carbocycles. The van der Waals surface area contributed by atoms with Gasteiger partial charge in [-0.2, -0.15) is 10.4 Å². The van der Waals surface area contributed by atoms with Crippen LogP contribution >= 0.6 is 0 Å². The average molecular weight is 335 g/mol. The van der Waals surface area contributed by atoms with Gasteiger partial charge >= 0.3 is 0 Å². The molecule has 1 aliphatic rings. The molecule has 0 aliphatic heterocycles. The van der Waals surface area contributed by atoms with Crippen molar-refractivity contribution < 1.29 is 0 Å². The molecule has 1 atom stereocenters. The van der Waals surface area contributed by atoms with Crippen molar-refractivity contribution in [3.8, 4) is 17.3 Å². The number of nitrogens with zero attached hydrogens (tertiary/aromatic N) is 5. The number of nitrogen functional groups attached to an aromatic ring is 1. The number of aromatic amines is 1. The lowest BCUT2D eigenvalue weighted by Gasteiger charge is -2.28. The molecule has 7 nitrogen and oxygen atoms in total. The van der Waals surface area contributed by atoms with E-state index in [1.807, 2.05) is 23.1 Å². The van der Waals surface area contributed by atoms with Crippen LogP contribution in [0.2, 0.25) is 0 Å². The summed E-state index contributed by atoms with van der Waals surface area (Å²) in [6.07, 6.45) is 11.8. The first-order chi connectivity index (χ1) is 12.3. The van der Waals surface area contributed by atoms with Crippen molar-refractivity contribution in [2.45, 2.75) is 44.6 Å². The Morgan fingerprint density at radius 1 is 1.32 bits per heavy atom.